The first-order chi connectivity index (χ1) is 9.43. The molecular weight excluding hydrogens is 254 g/mol. The van der Waals surface area contributed by atoms with Crippen LogP contribution in [0.1, 0.15) is 16.8 Å². The summed E-state index contributed by atoms with van der Waals surface area (Å²) in [7, 11) is 1.60. The zero-order valence-corrected chi connectivity index (χ0v) is 11.7. The van der Waals surface area contributed by atoms with Crippen molar-refractivity contribution in [2.75, 3.05) is 7.11 Å². The van der Waals surface area contributed by atoms with E-state index in [1.54, 1.807) is 13.3 Å². The third kappa shape index (κ3) is 2.42. The molecule has 0 aliphatic heterocycles. The van der Waals surface area contributed by atoms with Crippen LogP contribution in [-0.4, -0.2) is 17.5 Å². The highest BCUT2D eigenvalue weighted by atomic mass is 16.5. The molecule has 0 atom stereocenters. The quantitative estimate of drug-likeness (QED) is 0.659. The van der Waals surface area contributed by atoms with Crippen molar-refractivity contribution in [1.82, 2.24) is 4.57 Å². The average molecular weight is 271 g/mol. The van der Waals surface area contributed by atoms with Crippen molar-refractivity contribution in [2.24, 2.45) is 5.73 Å². The number of nitrogens with zero attached hydrogens (tertiary/aromatic N) is 1. The maximum Gasteiger partial charge on any atom is 0.192 e. The van der Waals surface area contributed by atoms with Gasteiger partial charge in [-0.3, -0.25) is 10.2 Å². The Morgan fingerprint density at radius 2 is 2.00 bits per heavy atom. The summed E-state index contributed by atoms with van der Waals surface area (Å²) in [6.07, 6.45) is 1.58. The van der Waals surface area contributed by atoms with Gasteiger partial charge in [0.2, 0.25) is 0 Å². The van der Waals surface area contributed by atoms with Gasteiger partial charge in [0.05, 0.1) is 18.4 Å². The molecule has 0 aliphatic rings. The highest BCUT2D eigenvalue weighted by Crippen LogP contribution is 2.25. The van der Waals surface area contributed by atoms with Crippen molar-refractivity contribution in [2.45, 2.75) is 13.8 Å². The standard InChI is InChI=1S/C15H17N3O2/c1-9-4-5-14(20-3)12(6-9)18-8-11(15(16)17)13(19)7-10(18)2/h4-8H,1-3H3,(H3,16,17). The molecule has 20 heavy (non-hydrogen) atoms. The maximum atomic E-state index is 11.8. The fourth-order valence-corrected chi connectivity index (χ4v) is 2.08. The SMILES string of the molecule is COc1ccc(C)cc1-n1cc(C(=N)N)c(=O)cc1C. The molecule has 1 aromatic carbocycles. The molecule has 0 amide bonds. The fourth-order valence-electron chi connectivity index (χ4n) is 2.08. The molecule has 2 aromatic rings. The molecule has 0 saturated heterocycles. The Morgan fingerprint density at radius 1 is 1.30 bits per heavy atom. The summed E-state index contributed by atoms with van der Waals surface area (Å²) in [6.45, 7) is 3.81. The number of rotatable bonds is 3. The van der Waals surface area contributed by atoms with Gasteiger partial charge in [-0.1, -0.05) is 6.07 Å². The Labute approximate surface area is 117 Å². The minimum absolute atomic E-state index is 0.180. The number of nitrogens with one attached hydrogen (secondary N) is 1. The molecular formula is C15H17N3O2. The second-order valence-corrected chi connectivity index (χ2v) is 4.65. The Balaban J connectivity index is 2.75. The molecule has 0 spiro atoms. The Bertz CT molecular complexity index is 732. The fraction of sp³-hybridized carbons (Fsp3) is 0.200. The summed E-state index contributed by atoms with van der Waals surface area (Å²) in [5.41, 5.74) is 8.02. The number of pyridine rings is 1. The van der Waals surface area contributed by atoms with E-state index in [0.29, 0.717) is 5.75 Å². The van der Waals surface area contributed by atoms with Gasteiger partial charge in [0.25, 0.3) is 0 Å². The first kappa shape index (κ1) is 13.9. The van der Waals surface area contributed by atoms with Gasteiger partial charge in [0.15, 0.2) is 5.43 Å². The van der Waals surface area contributed by atoms with Crippen LogP contribution in [0.5, 0.6) is 5.75 Å². The number of aryl methyl sites for hydroxylation is 2. The molecule has 3 N–H and O–H groups in total. The molecule has 0 bridgehead atoms. The molecule has 5 heteroatoms. The number of hydrogen-bond acceptors (Lipinski definition) is 3. The van der Waals surface area contributed by atoms with E-state index in [0.717, 1.165) is 16.9 Å². The van der Waals surface area contributed by atoms with Crippen LogP contribution in [-0.2, 0) is 0 Å². The predicted molar refractivity (Wildman–Crippen MR) is 79.1 cm³/mol. The molecule has 0 fully saturated rings. The van der Waals surface area contributed by atoms with Crippen molar-refractivity contribution >= 4 is 5.84 Å². The molecule has 1 heterocycles. The number of methoxy groups -OCH3 is 1. The number of nitrogen functional groups attached to an aromatic ring is 1. The minimum atomic E-state index is -0.252. The summed E-state index contributed by atoms with van der Waals surface area (Å²) in [6, 6.07) is 7.25. The molecule has 104 valence electrons. The van der Waals surface area contributed by atoms with Gasteiger partial charge in [0, 0.05) is 18.0 Å². The molecule has 5 nitrogen and oxygen atoms in total. The van der Waals surface area contributed by atoms with Crippen molar-refractivity contribution in [1.29, 1.82) is 5.41 Å². The molecule has 0 saturated carbocycles. The summed E-state index contributed by atoms with van der Waals surface area (Å²) < 4.78 is 7.17. The van der Waals surface area contributed by atoms with Crippen LogP contribution in [0.15, 0.2) is 35.3 Å². The Kier molecular flexibility index (Phi) is 3.61. The summed E-state index contributed by atoms with van der Waals surface area (Å²) in [5, 5.41) is 7.48. The largest absolute Gasteiger partial charge is 0.495 e. The first-order valence-corrected chi connectivity index (χ1v) is 6.16. The van der Waals surface area contributed by atoms with E-state index >= 15 is 0 Å². The van der Waals surface area contributed by atoms with Crippen molar-refractivity contribution in [3.63, 3.8) is 0 Å². The van der Waals surface area contributed by atoms with E-state index in [4.69, 9.17) is 15.9 Å². The summed E-state index contributed by atoms with van der Waals surface area (Å²) in [4.78, 5) is 11.8. The Morgan fingerprint density at radius 3 is 2.60 bits per heavy atom. The average Bonchev–Trinajstić information content (AvgIpc) is 2.38. The minimum Gasteiger partial charge on any atom is -0.495 e. The van der Waals surface area contributed by atoms with Gasteiger partial charge < -0.3 is 15.0 Å². The van der Waals surface area contributed by atoms with Crippen molar-refractivity contribution in [3.8, 4) is 11.4 Å². The zero-order valence-electron chi connectivity index (χ0n) is 11.7. The number of aromatic nitrogens is 1. The van der Waals surface area contributed by atoms with Gasteiger partial charge in [-0.2, -0.15) is 0 Å². The van der Waals surface area contributed by atoms with Crippen LogP contribution < -0.4 is 15.9 Å². The normalized spacial score (nSPS) is 10.3. The molecule has 2 rings (SSSR count). The van der Waals surface area contributed by atoms with Gasteiger partial charge in [-0.15, -0.1) is 0 Å². The summed E-state index contributed by atoms with van der Waals surface area (Å²) >= 11 is 0. The lowest BCUT2D eigenvalue weighted by Crippen LogP contribution is -2.23. The number of ether oxygens (including phenoxy) is 1. The van der Waals surface area contributed by atoms with Crippen LogP contribution in [0.2, 0.25) is 0 Å². The summed E-state index contributed by atoms with van der Waals surface area (Å²) in [5.74, 6) is 0.451. The molecule has 0 unspecified atom stereocenters. The van der Waals surface area contributed by atoms with Gasteiger partial charge in [-0.25, -0.2) is 0 Å². The van der Waals surface area contributed by atoms with E-state index in [9.17, 15) is 4.79 Å². The lowest BCUT2D eigenvalue weighted by Gasteiger charge is -2.16. The maximum absolute atomic E-state index is 11.8. The third-order valence-corrected chi connectivity index (χ3v) is 3.13. The van der Waals surface area contributed by atoms with E-state index in [1.165, 1.54) is 6.07 Å². The smallest absolute Gasteiger partial charge is 0.192 e. The van der Waals surface area contributed by atoms with Crippen LogP contribution in [0.25, 0.3) is 5.69 Å². The van der Waals surface area contributed by atoms with Crippen LogP contribution in [0.3, 0.4) is 0 Å². The lowest BCUT2D eigenvalue weighted by molar-refractivity contribution is 0.412. The second-order valence-electron chi connectivity index (χ2n) is 4.65. The van der Waals surface area contributed by atoms with Crippen molar-refractivity contribution in [3.05, 3.63) is 57.5 Å². The number of nitrogens with two attached hydrogens (primary N) is 1. The first-order valence-electron chi connectivity index (χ1n) is 6.16. The lowest BCUT2D eigenvalue weighted by atomic mass is 10.1. The van der Waals surface area contributed by atoms with Crippen molar-refractivity contribution < 1.29 is 4.74 Å². The van der Waals surface area contributed by atoms with E-state index < -0.39 is 0 Å². The van der Waals surface area contributed by atoms with E-state index in [1.807, 2.05) is 36.6 Å². The molecule has 0 radical (unpaired) electrons. The van der Waals surface area contributed by atoms with Gasteiger partial charge in [0.1, 0.15) is 11.6 Å². The monoisotopic (exact) mass is 271 g/mol. The number of benzene rings is 1. The van der Waals surface area contributed by atoms with E-state index in [-0.39, 0.29) is 16.8 Å². The van der Waals surface area contributed by atoms with Crippen LogP contribution in [0.4, 0.5) is 0 Å². The van der Waals surface area contributed by atoms with Gasteiger partial charge in [-0.05, 0) is 31.5 Å². The number of amidine groups is 1. The second kappa shape index (κ2) is 5.21. The van der Waals surface area contributed by atoms with Crippen LogP contribution >= 0.6 is 0 Å². The van der Waals surface area contributed by atoms with Gasteiger partial charge >= 0.3 is 0 Å². The molecule has 1 aromatic heterocycles. The zero-order chi connectivity index (χ0) is 14.9. The Hall–Kier alpha value is -2.56. The van der Waals surface area contributed by atoms with E-state index in [2.05, 4.69) is 0 Å². The highest BCUT2D eigenvalue weighted by molar-refractivity contribution is 5.94. The number of hydrogen-bond donors (Lipinski definition) is 2. The third-order valence-electron chi connectivity index (χ3n) is 3.13. The predicted octanol–water partition coefficient (Wildman–Crippen LogP) is 1.75. The highest BCUT2D eigenvalue weighted by Gasteiger charge is 2.11. The van der Waals surface area contributed by atoms with Crippen LogP contribution in [0, 0.1) is 19.3 Å². The molecule has 0 aliphatic carbocycles. The topological polar surface area (TPSA) is 81.1 Å².